The van der Waals surface area contributed by atoms with Crippen LogP contribution in [0.15, 0.2) is 30.3 Å². The van der Waals surface area contributed by atoms with Crippen LogP contribution in [0.1, 0.15) is 63.1 Å². The molecule has 8 heteroatoms. The van der Waals surface area contributed by atoms with Crippen LogP contribution in [0.2, 0.25) is 0 Å². The van der Waals surface area contributed by atoms with Crippen molar-refractivity contribution in [2.24, 2.45) is 5.92 Å². The van der Waals surface area contributed by atoms with Crippen molar-refractivity contribution in [2.75, 3.05) is 67.3 Å². The third-order valence-corrected chi connectivity index (χ3v) is 9.97. The van der Waals surface area contributed by atoms with Crippen LogP contribution in [0.4, 0.5) is 5.69 Å². The highest BCUT2D eigenvalue weighted by atomic mass is 16.5. The summed E-state index contributed by atoms with van der Waals surface area (Å²) in [5, 5.41) is 5.30. The summed E-state index contributed by atoms with van der Waals surface area (Å²) in [6, 6.07) is 11.3. The van der Waals surface area contributed by atoms with Crippen molar-refractivity contribution in [1.82, 2.24) is 19.0 Å². The number of methoxy groups -OCH3 is 2. The number of aromatic nitrogens is 2. The minimum atomic E-state index is 0.527. The first-order valence-electron chi connectivity index (χ1n) is 16.5. The molecule has 2 saturated heterocycles. The van der Waals surface area contributed by atoms with E-state index in [1.807, 2.05) is 0 Å². The summed E-state index contributed by atoms with van der Waals surface area (Å²) in [5.74, 6) is 2.35. The van der Waals surface area contributed by atoms with Gasteiger partial charge in [0.05, 0.1) is 71.5 Å². The molecule has 4 heterocycles. The molecule has 1 saturated carbocycles. The summed E-state index contributed by atoms with van der Waals surface area (Å²) in [6.07, 6.45) is 9.70. The number of likely N-dealkylation sites (tertiary alicyclic amines) is 1. The monoisotopic (exact) mass is 591 g/mol. The lowest BCUT2D eigenvalue weighted by molar-refractivity contribution is 0.0436. The Hall–Kier alpha value is -2.65. The maximum atomic E-state index is 6.12. The van der Waals surface area contributed by atoms with Gasteiger partial charge in [-0.2, -0.15) is 5.10 Å². The largest absolute Gasteiger partial charge is 0.496 e. The van der Waals surface area contributed by atoms with E-state index in [1.54, 1.807) is 14.2 Å². The molecule has 0 amide bonds. The minimum Gasteiger partial charge on any atom is -0.496 e. The van der Waals surface area contributed by atoms with Gasteiger partial charge in [0.2, 0.25) is 0 Å². The summed E-state index contributed by atoms with van der Waals surface area (Å²) in [7, 11) is 5.93. The van der Waals surface area contributed by atoms with Crippen molar-refractivity contribution in [1.29, 1.82) is 0 Å². The Kier molecular flexibility index (Phi) is 9.57. The Morgan fingerprint density at radius 1 is 0.977 bits per heavy atom. The zero-order valence-corrected chi connectivity index (χ0v) is 26.8. The van der Waals surface area contributed by atoms with E-state index in [1.165, 1.54) is 68.6 Å². The van der Waals surface area contributed by atoms with E-state index < -0.39 is 0 Å². The summed E-state index contributed by atoms with van der Waals surface area (Å²) in [4.78, 5) is 2.51. The molecule has 3 aliphatic rings. The van der Waals surface area contributed by atoms with Gasteiger partial charge in [0, 0.05) is 25.3 Å². The molecule has 1 aromatic carbocycles. The molecule has 0 N–H and O–H groups in total. The number of hydrogen-bond acceptors (Lipinski definition) is 6. The smallest absolute Gasteiger partial charge is 0.182 e. The van der Waals surface area contributed by atoms with E-state index >= 15 is 0 Å². The fourth-order valence-electron chi connectivity index (χ4n) is 7.47. The third-order valence-electron chi connectivity index (χ3n) is 9.97. The number of hydrogen-bond donors (Lipinski definition) is 0. The maximum Gasteiger partial charge on any atom is 0.182 e. The summed E-state index contributed by atoms with van der Waals surface area (Å²) < 4.78 is 27.0. The lowest BCUT2D eigenvalue weighted by atomic mass is 10.0. The molecular formula is C35H51N4O4+. The van der Waals surface area contributed by atoms with Gasteiger partial charge in [-0.05, 0) is 75.0 Å². The number of pyridine rings is 1. The second kappa shape index (κ2) is 13.6. The number of benzene rings is 1. The molecule has 0 spiro atoms. The van der Waals surface area contributed by atoms with E-state index in [0.29, 0.717) is 12.6 Å². The lowest BCUT2D eigenvalue weighted by Gasteiger charge is -2.43. The second-order valence-electron chi connectivity index (χ2n) is 12.9. The van der Waals surface area contributed by atoms with Gasteiger partial charge in [-0.25, -0.2) is 4.52 Å². The van der Waals surface area contributed by atoms with Gasteiger partial charge < -0.3 is 23.8 Å². The lowest BCUT2D eigenvalue weighted by Crippen LogP contribution is -2.57. The molecule has 0 radical (unpaired) electrons. The average Bonchev–Trinajstić information content (AvgIpc) is 3.78. The Morgan fingerprint density at radius 2 is 1.70 bits per heavy atom. The zero-order valence-electron chi connectivity index (χ0n) is 26.8. The molecule has 2 aliphatic heterocycles. The second-order valence-corrected chi connectivity index (χ2v) is 12.9. The fraction of sp³-hybridized carbons (Fsp3) is 0.629. The molecule has 6 rings (SSSR count). The first-order chi connectivity index (χ1) is 21.1. The summed E-state index contributed by atoms with van der Waals surface area (Å²) >= 11 is 0. The van der Waals surface area contributed by atoms with E-state index in [0.717, 1.165) is 84.3 Å². The fourth-order valence-corrected chi connectivity index (χ4v) is 7.47. The van der Waals surface area contributed by atoms with Crippen LogP contribution < -0.4 is 14.0 Å². The Balaban J connectivity index is 1.34. The van der Waals surface area contributed by atoms with Crippen LogP contribution in [-0.2, 0) is 22.5 Å². The Morgan fingerprint density at radius 3 is 2.35 bits per heavy atom. The van der Waals surface area contributed by atoms with Crippen LogP contribution >= 0.6 is 0 Å². The van der Waals surface area contributed by atoms with Crippen molar-refractivity contribution in [2.45, 2.75) is 70.9 Å². The molecule has 3 fully saturated rings. The summed E-state index contributed by atoms with van der Waals surface area (Å²) in [6.45, 7) is 9.71. The molecular weight excluding hydrogens is 540 g/mol. The molecule has 1 unspecified atom stereocenters. The van der Waals surface area contributed by atoms with Gasteiger partial charge in [0.15, 0.2) is 5.69 Å². The first-order valence-corrected chi connectivity index (χ1v) is 16.5. The zero-order chi connectivity index (χ0) is 29.8. The molecule has 43 heavy (non-hydrogen) atoms. The van der Waals surface area contributed by atoms with Gasteiger partial charge in [-0.15, -0.1) is 0 Å². The van der Waals surface area contributed by atoms with E-state index in [2.05, 4.69) is 53.7 Å². The van der Waals surface area contributed by atoms with Gasteiger partial charge in [-0.3, -0.25) is 4.48 Å². The number of quaternary nitrogens is 1. The van der Waals surface area contributed by atoms with Gasteiger partial charge >= 0.3 is 0 Å². The van der Waals surface area contributed by atoms with Crippen LogP contribution in [-0.4, -0.2) is 87.8 Å². The topological polar surface area (TPSA) is 57.5 Å². The molecule has 2 aromatic heterocycles. The number of fused-ring (bicyclic) bond motifs is 1. The Labute approximate surface area is 257 Å². The van der Waals surface area contributed by atoms with Crippen molar-refractivity contribution in [3.8, 4) is 22.8 Å². The molecule has 1 aliphatic carbocycles. The van der Waals surface area contributed by atoms with Crippen molar-refractivity contribution < 1.29 is 18.9 Å². The predicted molar refractivity (Wildman–Crippen MR) is 172 cm³/mol. The highest BCUT2D eigenvalue weighted by Gasteiger charge is 2.44. The van der Waals surface area contributed by atoms with E-state index in [9.17, 15) is 0 Å². The van der Waals surface area contributed by atoms with E-state index in [4.69, 9.17) is 24.0 Å². The first kappa shape index (κ1) is 30.4. The summed E-state index contributed by atoms with van der Waals surface area (Å²) in [5.41, 5.74) is 6.69. The van der Waals surface area contributed by atoms with Crippen molar-refractivity contribution in [3.05, 3.63) is 41.6 Å². The third kappa shape index (κ3) is 6.44. The SMILES string of the molecule is CCc1nn2c(-c3c(OC)cc(COCCN4CCCCC4)cc3OC)cccc2c1[N+](C)(CC1CC1)C1CCOCC1. The van der Waals surface area contributed by atoms with E-state index in [-0.39, 0.29) is 0 Å². The van der Waals surface area contributed by atoms with Crippen LogP contribution in [0.25, 0.3) is 16.8 Å². The van der Waals surface area contributed by atoms with Gasteiger partial charge in [0.25, 0.3) is 0 Å². The normalized spacial score (nSPS) is 19.9. The predicted octanol–water partition coefficient (Wildman–Crippen LogP) is 6.11. The number of piperidine rings is 1. The average molecular weight is 592 g/mol. The van der Waals surface area contributed by atoms with Crippen molar-refractivity contribution in [3.63, 3.8) is 0 Å². The standard InChI is InChI=1S/C35H51N4O4/c1-5-29-35(39(2,24-26-12-13-26)28-14-19-42-20-15-28)31-11-9-10-30(38(31)36-29)34-32(40-3)22-27(23-33(34)41-4)25-43-21-18-37-16-7-6-8-17-37/h9-11,22-23,26,28H,5-8,12-21,24-25H2,1-4H3/q+1. The Bertz CT molecular complexity index is 1350. The number of rotatable bonds is 13. The maximum absolute atomic E-state index is 6.12. The van der Waals surface area contributed by atoms with Crippen molar-refractivity contribution >= 4 is 11.2 Å². The number of nitrogens with zero attached hydrogens (tertiary/aromatic N) is 4. The van der Waals surface area contributed by atoms with Gasteiger partial charge in [0.1, 0.15) is 22.7 Å². The highest BCUT2D eigenvalue weighted by molar-refractivity contribution is 5.82. The molecule has 8 nitrogen and oxygen atoms in total. The van der Waals surface area contributed by atoms with Crippen LogP contribution in [0.5, 0.6) is 11.5 Å². The highest BCUT2D eigenvalue weighted by Crippen LogP contribution is 2.45. The molecule has 1 atom stereocenters. The number of ether oxygens (including phenoxy) is 4. The molecule has 3 aromatic rings. The molecule has 234 valence electrons. The van der Waals surface area contributed by atoms with Crippen LogP contribution in [0, 0.1) is 5.92 Å². The number of aryl methyl sites for hydroxylation is 1. The van der Waals surface area contributed by atoms with Crippen LogP contribution in [0.3, 0.4) is 0 Å². The minimum absolute atomic E-state index is 0.527. The quantitative estimate of drug-likeness (QED) is 0.177. The molecule has 0 bridgehead atoms. The van der Waals surface area contributed by atoms with Gasteiger partial charge in [-0.1, -0.05) is 19.4 Å².